The minimum absolute atomic E-state index is 0.585. The summed E-state index contributed by atoms with van der Waals surface area (Å²) in [5.74, 6) is 0. The largest absolute Gasteiger partial charge is 0.454 e. The zero-order valence-corrected chi connectivity index (χ0v) is 25.9. The molecule has 0 aliphatic carbocycles. The van der Waals surface area contributed by atoms with Crippen molar-refractivity contribution in [2.45, 2.75) is 0 Å². The lowest BCUT2D eigenvalue weighted by molar-refractivity contribution is 0.672. The molecule has 0 saturated carbocycles. The Morgan fingerprint density at radius 3 is 1.80 bits per heavy atom. The van der Waals surface area contributed by atoms with Crippen molar-refractivity contribution in [1.29, 1.82) is 10.5 Å². The Morgan fingerprint density at radius 1 is 0.510 bits per heavy atom. The van der Waals surface area contributed by atoms with Crippen LogP contribution in [0.5, 0.6) is 0 Å². The Labute approximate surface area is 279 Å². The van der Waals surface area contributed by atoms with Gasteiger partial charge in [-0.05, 0) is 102 Å². The Balaban J connectivity index is 1.16. The van der Waals surface area contributed by atoms with E-state index in [1.54, 1.807) is 0 Å². The number of pyridine rings is 1. The second-order valence-corrected chi connectivity index (χ2v) is 12.3. The number of hydrogen-bond acceptors (Lipinski definition) is 4. The van der Waals surface area contributed by atoms with Gasteiger partial charge in [-0.15, -0.1) is 0 Å². The van der Waals surface area contributed by atoms with Gasteiger partial charge in [0, 0.05) is 39.1 Å². The van der Waals surface area contributed by atoms with Gasteiger partial charge in [0.25, 0.3) is 0 Å². The first-order chi connectivity index (χ1) is 24.2. The van der Waals surface area contributed by atoms with Crippen LogP contribution in [0.3, 0.4) is 0 Å². The predicted molar refractivity (Wildman–Crippen MR) is 195 cm³/mol. The molecule has 0 amide bonds. The van der Waals surface area contributed by atoms with E-state index in [9.17, 15) is 10.5 Å². The molecule has 0 fully saturated rings. The minimum atomic E-state index is 0.585. The highest BCUT2D eigenvalue weighted by Gasteiger charge is 2.19. The minimum Gasteiger partial charge on any atom is -0.454 e. The average molecular weight is 626 g/mol. The topological polar surface area (TPSA) is 83.5 Å². The van der Waals surface area contributed by atoms with E-state index in [1.807, 2.05) is 54.7 Å². The number of hydrogen-bond donors (Lipinski definition) is 0. The molecule has 10 aromatic rings. The van der Waals surface area contributed by atoms with Crippen molar-refractivity contribution in [2.24, 2.45) is 0 Å². The second-order valence-electron chi connectivity index (χ2n) is 12.3. The molecule has 4 aromatic heterocycles. The van der Waals surface area contributed by atoms with E-state index in [-0.39, 0.29) is 0 Å². The zero-order valence-electron chi connectivity index (χ0n) is 25.9. The SMILES string of the molecule is N#Cc1ccc2c(c1)c1cc(C#N)ccc1n2-c1cccc(-c2cccc(-n3c4ccccc4c4c5oc6cccnc6c5ccc43)c2)c1. The van der Waals surface area contributed by atoms with Gasteiger partial charge < -0.3 is 13.6 Å². The number of fused-ring (bicyclic) bond motifs is 10. The van der Waals surface area contributed by atoms with Crippen molar-refractivity contribution in [1.82, 2.24) is 14.1 Å². The van der Waals surface area contributed by atoms with E-state index < -0.39 is 0 Å². The van der Waals surface area contributed by atoms with Gasteiger partial charge in [-0.3, -0.25) is 4.98 Å². The summed E-state index contributed by atoms with van der Waals surface area (Å²) >= 11 is 0. The quantitative estimate of drug-likeness (QED) is 0.196. The number of aromatic nitrogens is 3. The number of nitriles is 2. The number of nitrogens with zero attached hydrogens (tertiary/aromatic N) is 5. The summed E-state index contributed by atoms with van der Waals surface area (Å²) in [4.78, 5) is 4.61. The molecule has 0 bridgehead atoms. The molecular formula is C43H23N5O. The van der Waals surface area contributed by atoms with Gasteiger partial charge in [0.15, 0.2) is 5.58 Å². The van der Waals surface area contributed by atoms with Crippen molar-refractivity contribution in [3.05, 3.63) is 151 Å². The third-order valence-corrected chi connectivity index (χ3v) is 9.59. The molecule has 0 spiro atoms. The van der Waals surface area contributed by atoms with Gasteiger partial charge in [0.05, 0.1) is 50.7 Å². The third kappa shape index (κ3) is 3.89. The molecule has 6 nitrogen and oxygen atoms in total. The molecule has 0 radical (unpaired) electrons. The van der Waals surface area contributed by atoms with Gasteiger partial charge in [-0.25, -0.2) is 0 Å². The molecular weight excluding hydrogens is 603 g/mol. The first-order valence-corrected chi connectivity index (χ1v) is 16.0. The van der Waals surface area contributed by atoms with Crippen LogP contribution in [0.15, 0.2) is 144 Å². The number of furan rings is 1. The van der Waals surface area contributed by atoms with Crippen LogP contribution in [0, 0.1) is 22.7 Å². The lowest BCUT2D eigenvalue weighted by atomic mass is 10.0. The standard InChI is InChI=1S/C43H23N5O/c44-24-26-13-16-37-34(20-26)35-21-27(25-45)14-17-38(35)47(37)30-8-3-6-28(22-30)29-7-4-9-31(23-29)48-36-11-2-1-10-32(36)41-39(48)18-15-33-42-40(49-43(33)41)12-5-19-46-42/h1-23H. The molecule has 10 rings (SSSR count). The summed E-state index contributed by atoms with van der Waals surface area (Å²) < 4.78 is 11.0. The summed E-state index contributed by atoms with van der Waals surface area (Å²) in [6.07, 6.45) is 1.81. The number of para-hydroxylation sites is 1. The van der Waals surface area contributed by atoms with E-state index in [4.69, 9.17) is 4.42 Å². The van der Waals surface area contributed by atoms with Crippen LogP contribution in [0.2, 0.25) is 0 Å². The van der Waals surface area contributed by atoms with Crippen molar-refractivity contribution >= 4 is 65.7 Å². The van der Waals surface area contributed by atoms with Crippen LogP contribution < -0.4 is 0 Å². The molecule has 6 aromatic carbocycles. The number of rotatable bonds is 3. The molecule has 0 aliphatic rings. The van der Waals surface area contributed by atoms with Crippen molar-refractivity contribution in [2.75, 3.05) is 0 Å². The molecule has 0 unspecified atom stereocenters. The second kappa shape index (κ2) is 10.2. The highest BCUT2D eigenvalue weighted by Crippen LogP contribution is 2.41. The highest BCUT2D eigenvalue weighted by molar-refractivity contribution is 6.23. The fourth-order valence-electron chi connectivity index (χ4n) is 7.47. The van der Waals surface area contributed by atoms with Crippen molar-refractivity contribution < 1.29 is 4.42 Å². The molecule has 0 atom stereocenters. The van der Waals surface area contributed by atoms with E-state index in [1.165, 1.54) is 0 Å². The summed E-state index contributed by atoms with van der Waals surface area (Å²) in [5, 5.41) is 24.3. The van der Waals surface area contributed by atoms with Gasteiger partial charge in [-0.1, -0.05) is 42.5 Å². The van der Waals surface area contributed by atoms with Gasteiger partial charge >= 0.3 is 0 Å². The lowest BCUT2D eigenvalue weighted by Gasteiger charge is -2.13. The maximum absolute atomic E-state index is 9.62. The average Bonchev–Trinajstić information content (AvgIpc) is 3.82. The zero-order chi connectivity index (χ0) is 32.6. The van der Waals surface area contributed by atoms with Gasteiger partial charge in [-0.2, -0.15) is 10.5 Å². The van der Waals surface area contributed by atoms with Crippen LogP contribution in [-0.2, 0) is 0 Å². The van der Waals surface area contributed by atoms with Crippen molar-refractivity contribution in [3.8, 4) is 34.6 Å². The first-order valence-electron chi connectivity index (χ1n) is 16.0. The van der Waals surface area contributed by atoms with E-state index in [0.717, 1.165) is 88.2 Å². The monoisotopic (exact) mass is 625 g/mol. The van der Waals surface area contributed by atoms with E-state index >= 15 is 0 Å². The van der Waals surface area contributed by atoms with Gasteiger partial charge in [0.2, 0.25) is 0 Å². The normalized spacial score (nSPS) is 11.6. The Kier molecular flexibility index (Phi) is 5.61. The molecule has 49 heavy (non-hydrogen) atoms. The summed E-state index contributed by atoms with van der Waals surface area (Å²) in [6.45, 7) is 0. The predicted octanol–water partition coefficient (Wildman–Crippen LogP) is 10.6. The summed E-state index contributed by atoms with van der Waals surface area (Å²) in [6, 6.07) is 49.8. The number of benzene rings is 6. The van der Waals surface area contributed by atoms with Crippen LogP contribution in [0.4, 0.5) is 0 Å². The van der Waals surface area contributed by atoms with Crippen LogP contribution in [0.25, 0.3) is 88.2 Å². The summed E-state index contributed by atoms with van der Waals surface area (Å²) in [7, 11) is 0. The maximum Gasteiger partial charge on any atom is 0.153 e. The summed E-state index contributed by atoms with van der Waals surface area (Å²) in [5.41, 5.74) is 12.0. The molecule has 0 N–H and O–H groups in total. The fourth-order valence-corrected chi connectivity index (χ4v) is 7.47. The molecule has 4 heterocycles. The Morgan fingerprint density at radius 2 is 1.12 bits per heavy atom. The maximum atomic E-state index is 9.62. The van der Waals surface area contributed by atoms with E-state index in [0.29, 0.717) is 11.1 Å². The van der Waals surface area contributed by atoms with Crippen LogP contribution in [-0.4, -0.2) is 14.1 Å². The smallest absolute Gasteiger partial charge is 0.153 e. The Bertz CT molecular complexity index is 3020. The first kappa shape index (κ1) is 27.0. The molecule has 226 valence electrons. The third-order valence-electron chi connectivity index (χ3n) is 9.59. The van der Waals surface area contributed by atoms with E-state index in [2.05, 4.69) is 111 Å². The van der Waals surface area contributed by atoms with Crippen LogP contribution >= 0.6 is 0 Å². The molecule has 0 aliphatic heterocycles. The van der Waals surface area contributed by atoms with Crippen molar-refractivity contribution in [3.63, 3.8) is 0 Å². The van der Waals surface area contributed by atoms with Crippen LogP contribution in [0.1, 0.15) is 11.1 Å². The van der Waals surface area contributed by atoms with Gasteiger partial charge in [0.1, 0.15) is 11.1 Å². The molecule has 6 heteroatoms. The lowest BCUT2D eigenvalue weighted by Crippen LogP contribution is -1.96. The molecule has 0 saturated heterocycles. The Hall–Kier alpha value is -7.15. The fraction of sp³-hybridized carbons (Fsp3) is 0. The highest BCUT2D eigenvalue weighted by atomic mass is 16.3.